The molecule has 0 aliphatic carbocycles. The number of nitrogens with one attached hydrogen (secondary N) is 1. The highest BCUT2D eigenvalue weighted by Crippen LogP contribution is 2.35. The second-order valence-electron chi connectivity index (χ2n) is 5.37. The molecule has 1 aromatic rings. The zero-order valence-corrected chi connectivity index (χ0v) is 12.5. The fraction of sp³-hybridized carbons (Fsp3) is 0.625. The van der Waals surface area contributed by atoms with E-state index in [0.29, 0.717) is 17.4 Å². The van der Waals surface area contributed by atoms with Gasteiger partial charge >= 0.3 is 0 Å². The van der Waals surface area contributed by atoms with Gasteiger partial charge in [0, 0.05) is 17.7 Å². The van der Waals surface area contributed by atoms with E-state index in [0.717, 1.165) is 30.7 Å². The van der Waals surface area contributed by atoms with Crippen molar-refractivity contribution < 1.29 is 13.9 Å². The van der Waals surface area contributed by atoms with Crippen LogP contribution in [0.15, 0.2) is 12.1 Å². The van der Waals surface area contributed by atoms with Crippen molar-refractivity contribution in [2.75, 3.05) is 20.8 Å². The minimum absolute atomic E-state index is 0.453. The minimum atomic E-state index is -1.05. The second kappa shape index (κ2) is 6.93. The Kier molecular flexibility index (Phi) is 5.24. The molecule has 2 rings (SSSR count). The van der Waals surface area contributed by atoms with Gasteiger partial charge in [0.15, 0.2) is 0 Å². The van der Waals surface area contributed by atoms with Crippen molar-refractivity contribution in [3.8, 4) is 11.5 Å². The van der Waals surface area contributed by atoms with E-state index in [1.165, 1.54) is 19.8 Å². The lowest BCUT2D eigenvalue weighted by atomic mass is 9.95. The van der Waals surface area contributed by atoms with Crippen molar-refractivity contribution >= 4 is 0 Å². The van der Waals surface area contributed by atoms with E-state index in [1.807, 2.05) is 6.07 Å². The van der Waals surface area contributed by atoms with E-state index >= 15 is 0 Å². The molecule has 2 unspecified atom stereocenters. The SMILES string of the molecule is COc1cc(OC)c(C(C)F)cc1CC1CCCCN1. The topological polar surface area (TPSA) is 30.5 Å². The highest BCUT2D eigenvalue weighted by molar-refractivity contribution is 5.48. The highest BCUT2D eigenvalue weighted by Gasteiger charge is 2.19. The Morgan fingerprint density at radius 2 is 2.00 bits per heavy atom. The number of rotatable bonds is 5. The predicted molar refractivity (Wildman–Crippen MR) is 78.4 cm³/mol. The van der Waals surface area contributed by atoms with Crippen molar-refractivity contribution in [2.45, 2.75) is 44.8 Å². The molecule has 1 saturated heterocycles. The molecule has 0 aromatic heterocycles. The quantitative estimate of drug-likeness (QED) is 0.897. The fourth-order valence-corrected chi connectivity index (χ4v) is 2.83. The van der Waals surface area contributed by atoms with E-state index in [4.69, 9.17) is 9.47 Å². The second-order valence-corrected chi connectivity index (χ2v) is 5.37. The first-order valence-corrected chi connectivity index (χ1v) is 7.28. The van der Waals surface area contributed by atoms with E-state index in [2.05, 4.69) is 5.32 Å². The monoisotopic (exact) mass is 281 g/mol. The van der Waals surface area contributed by atoms with Gasteiger partial charge in [-0.2, -0.15) is 0 Å². The standard InChI is InChI=1S/C16H24FNO2/c1-11(17)14-9-12(8-13-6-4-5-7-18-13)15(19-2)10-16(14)20-3/h9-11,13,18H,4-8H2,1-3H3. The van der Waals surface area contributed by atoms with Crippen LogP contribution in [0.4, 0.5) is 4.39 Å². The van der Waals surface area contributed by atoms with Gasteiger partial charge in [0.25, 0.3) is 0 Å². The first kappa shape index (κ1) is 15.1. The Morgan fingerprint density at radius 3 is 2.55 bits per heavy atom. The minimum Gasteiger partial charge on any atom is -0.496 e. The summed E-state index contributed by atoms with van der Waals surface area (Å²) in [4.78, 5) is 0. The summed E-state index contributed by atoms with van der Waals surface area (Å²) in [5.74, 6) is 1.33. The number of ether oxygens (including phenoxy) is 2. The molecule has 1 heterocycles. The number of piperidine rings is 1. The highest BCUT2D eigenvalue weighted by atomic mass is 19.1. The maximum absolute atomic E-state index is 13.7. The van der Waals surface area contributed by atoms with Crippen molar-refractivity contribution in [1.29, 1.82) is 0 Å². The van der Waals surface area contributed by atoms with Crippen molar-refractivity contribution in [3.63, 3.8) is 0 Å². The molecular weight excluding hydrogens is 257 g/mol. The number of hydrogen-bond acceptors (Lipinski definition) is 3. The summed E-state index contributed by atoms with van der Waals surface area (Å²) < 4.78 is 24.4. The molecule has 1 aliphatic heterocycles. The summed E-state index contributed by atoms with van der Waals surface area (Å²) in [7, 11) is 3.20. The van der Waals surface area contributed by atoms with Crippen molar-refractivity contribution in [2.24, 2.45) is 0 Å². The Bertz CT molecular complexity index is 442. The molecule has 112 valence electrons. The zero-order chi connectivity index (χ0) is 14.5. The molecule has 3 nitrogen and oxygen atoms in total. The number of hydrogen-bond donors (Lipinski definition) is 1. The average molecular weight is 281 g/mol. The molecular formula is C16H24FNO2. The van der Waals surface area contributed by atoms with Gasteiger partial charge in [0.1, 0.15) is 17.7 Å². The van der Waals surface area contributed by atoms with Gasteiger partial charge in [0.2, 0.25) is 0 Å². The van der Waals surface area contributed by atoms with Crippen LogP contribution in [-0.4, -0.2) is 26.8 Å². The zero-order valence-electron chi connectivity index (χ0n) is 12.5. The van der Waals surface area contributed by atoms with Gasteiger partial charge in [-0.15, -0.1) is 0 Å². The summed E-state index contributed by atoms with van der Waals surface area (Å²) in [6.07, 6.45) is 3.47. The Hall–Kier alpha value is -1.29. The molecule has 20 heavy (non-hydrogen) atoms. The van der Waals surface area contributed by atoms with E-state index in [1.54, 1.807) is 20.3 Å². The summed E-state index contributed by atoms with van der Waals surface area (Å²) in [6, 6.07) is 4.14. The Morgan fingerprint density at radius 1 is 1.25 bits per heavy atom. The van der Waals surface area contributed by atoms with Crippen LogP contribution in [0.5, 0.6) is 11.5 Å². The summed E-state index contributed by atoms with van der Waals surface area (Å²) in [5.41, 5.74) is 1.64. The fourth-order valence-electron chi connectivity index (χ4n) is 2.83. The summed E-state index contributed by atoms with van der Waals surface area (Å²) in [6.45, 7) is 2.60. The van der Waals surface area contributed by atoms with Gasteiger partial charge < -0.3 is 14.8 Å². The first-order valence-electron chi connectivity index (χ1n) is 7.28. The summed E-state index contributed by atoms with van der Waals surface area (Å²) >= 11 is 0. The molecule has 0 radical (unpaired) electrons. The van der Waals surface area contributed by atoms with Crippen LogP contribution >= 0.6 is 0 Å². The van der Waals surface area contributed by atoms with Crippen LogP contribution in [0.2, 0.25) is 0 Å². The number of methoxy groups -OCH3 is 2. The first-order chi connectivity index (χ1) is 9.65. The van der Waals surface area contributed by atoms with E-state index < -0.39 is 6.17 Å². The molecule has 2 atom stereocenters. The maximum Gasteiger partial charge on any atom is 0.128 e. The molecule has 0 spiro atoms. The summed E-state index contributed by atoms with van der Waals surface area (Å²) in [5, 5.41) is 3.52. The van der Waals surface area contributed by atoms with Crippen molar-refractivity contribution in [1.82, 2.24) is 5.32 Å². The largest absolute Gasteiger partial charge is 0.496 e. The molecule has 1 fully saturated rings. The Balaban J connectivity index is 2.27. The maximum atomic E-state index is 13.7. The molecule has 0 bridgehead atoms. The van der Waals surface area contributed by atoms with Gasteiger partial charge in [-0.05, 0) is 44.4 Å². The van der Waals surface area contributed by atoms with Crippen LogP contribution in [0.25, 0.3) is 0 Å². The van der Waals surface area contributed by atoms with Crippen LogP contribution in [0, 0.1) is 0 Å². The third-order valence-electron chi connectivity index (χ3n) is 3.94. The molecule has 0 saturated carbocycles. The smallest absolute Gasteiger partial charge is 0.128 e. The normalized spacial score (nSPS) is 20.5. The third-order valence-corrected chi connectivity index (χ3v) is 3.94. The van der Waals surface area contributed by atoms with Crippen LogP contribution in [0.1, 0.15) is 43.5 Å². The number of halogens is 1. The average Bonchev–Trinajstić information content (AvgIpc) is 2.47. The van der Waals surface area contributed by atoms with Crippen LogP contribution in [0.3, 0.4) is 0 Å². The number of benzene rings is 1. The lowest BCUT2D eigenvalue weighted by Gasteiger charge is -2.25. The van der Waals surface area contributed by atoms with Gasteiger partial charge in [-0.1, -0.05) is 6.42 Å². The van der Waals surface area contributed by atoms with Gasteiger partial charge in [0.05, 0.1) is 14.2 Å². The van der Waals surface area contributed by atoms with E-state index in [-0.39, 0.29) is 0 Å². The van der Waals surface area contributed by atoms with Crippen molar-refractivity contribution in [3.05, 3.63) is 23.3 Å². The molecule has 0 amide bonds. The van der Waals surface area contributed by atoms with Crippen LogP contribution < -0.4 is 14.8 Å². The Labute approximate surface area is 120 Å². The lowest BCUT2D eigenvalue weighted by Crippen LogP contribution is -2.35. The molecule has 1 aromatic carbocycles. The number of alkyl halides is 1. The molecule has 1 aliphatic rings. The lowest BCUT2D eigenvalue weighted by molar-refractivity contribution is 0.340. The van der Waals surface area contributed by atoms with E-state index in [9.17, 15) is 4.39 Å². The molecule has 4 heteroatoms. The van der Waals surface area contributed by atoms with Gasteiger partial charge in [-0.25, -0.2) is 4.39 Å². The van der Waals surface area contributed by atoms with Crippen LogP contribution in [-0.2, 0) is 6.42 Å². The third kappa shape index (κ3) is 3.42. The molecule has 1 N–H and O–H groups in total. The predicted octanol–water partition coefficient (Wildman–Crippen LogP) is 3.42. The van der Waals surface area contributed by atoms with Gasteiger partial charge in [-0.3, -0.25) is 0 Å².